The summed E-state index contributed by atoms with van der Waals surface area (Å²) in [5.41, 5.74) is 0. The van der Waals surface area contributed by atoms with E-state index in [4.69, 9.17) is 10.2 Å². The Balaban J connectivity index is 4.23. The molecule has 0 aromatic rings. The molecule has 0 spiro atoms. The molecule has 258 valence electrons. The zero-order chi connectivity index (χ0) is 32.6. The van der Waals surface area contributed by atoms with Crippen LogP contribution in [-0.4, -0.2) is 58.8 Å². The molecule has 7 heteroatoms. The molecule has 0 aromatic carbocycles. The van der Waals surface area contributed by atoms with Gasteiger partial charge in [-0.05, 0) is 83.5 Å². The summed E-state index contributed by atoms with van der Waals surface area (Å²) >= 11 is 0. The van der Waals surface area contributed by atoms with Gasteiger partial charge in [0.1, 0.15) is 0 Å². The molecule has 0 bridgehead atoms. The Labute approximate surface area is 270 Å². The van der Waals surface area contributed by atoms with Crippen molar-refractivity contribution in [3.63, 3.8) is 0 Å². The van der Waals surface area contributed by atoms with Crippen molar-refractivity contribution in [1.82, 2.24) is 0 Å². The summed E-state index contributed by atoms with van der Waals surface area (Å²) in [6.07, 6.45) is 32.9. The third-order valence-electron chi connectivity index (χ3n) is 8.95. The summed E-state index contributed by atoms with van der Waals surface area (Å²) in [7, 11) is 0. The average molecular weight is 624 g/mol. The molecular formula is C37H69NO6. The highest BCUT2D eigenvalue weighted by Gasteiger charge is 2.26. The molecule has 0 aliphatic heterocycles. The van der Waals surface area contributed by atoms with E-state index in [2.05, 4.69) is 19.1 Å². The topological polar surface area (TPSA) is 115 Å². The van der Waals surface area contributed by atoms with Gasteiger partial charge in [-0.3, -0.25) is 9.59 Å². The maximum atomic E-state index is 11.0. The van der Waals surface area contributed by atoms with Gasteiger partial charge < -0.3 is 24.6 Å². The fourth-order valence-electron chi connectivity index (χ4n) is 6.24. The first-order chi connectivity index (χ1) is 21.3. The largest absolute Gasteiger partial charge is 0.550 e. The number of rotatable bonds is 35. The van der Waals surface area contributed by atoms with Gasteiger partial charge >= 0.3 is 11.9 Å². The summed E-state index contributed by atoms with van der Waals surface area (Å²) in [5, 5.41) is 29.0. The van der Waals surface area contributed by atoms with Gasteiger partial charge in [0.15, 0.2) is 0 Å². The van der Waals surface area contributed by atoms with Crippen molar-refractivity contribution in [3.05, 3.63) is 12.2 Å². The lowest BCUT2D eigenvalue weighted by Gasteiger charge is -2.39. The smallest absolute Gasteiger partial charge is 0.303 e. The van der Waals surface area contributed by atoms with Crippen LogP contribution in [0.2, 0.25) is 0 Å². The minimum Gasteiger partial charge on any atom is -0.550 e. The van der Waals surface area contributed by atoms with Crippen LogP contribution in [-0.2, 0) is 14.4 Å². The summed E-state index contributed by atoms with van der Waals surface area (Å²) in [6.45, 7) is 5.87. The number of aliphatic carboxylic acids is 3. The van der Waals surface area contributed by atoms with E-state index in [-0.39, 0.29) is 19.3 Å². The average Bonchev–Trinajstić information content (AvgIpc) is 2.98. The maximum absolute atomic E-state index is 11.0. The van der Waals surface area contributed by atoms with Crippen LogP contribution < -0.4 is 5.11 Å². The van der Waals surface area contributed by atoms with Crippen molar-refractivity contribution in [2.24, 2.45) is 0 Å². The van der Waals surface area contributed by atoms with Crippen molar-refractivity contribution in [3.8, 4) is 0 Å². The minimum absolute atomic E-state index is 0.0646. The molecule has 0 heterocycles. The van der Waals surface area contributed by atoms with Gasteiger partial charge in [0.2, 0.25) is 0 Å². The van der Waals surface area contributed by atoms with Crippen molar-refractivity contribution >= 4 is 17.9 Å². The molecule has 44 heavy (non-hydrogen) atoms. The monoisotopic (exact) mass is 624 g/mol. The molecule has 0 rings (SSSR count). The molecule has 0 aliphatic rings. The molecule has 7 nitrogen and oxygen atoms in total. The van der Waals surface area contributed by atoms with E-state index >= 15 is 0 Å². The Kier molecular flexibility index (Phi) is 29.8. The predicted molar refractivity (Wildman–Crippen MR) is 179 cm³/mol. The van der Waals surface area contributed by atoms with Crippen molar-refractivity contribution in [2.45, 2.75) is 180 Å². The second-order valence-corrected chi connectivity index (χ2v) is 13.1. The number of carbonyl (C=O) groups is 3. The zero-order valence-electron chi connectivity index (χ0n) is 28.5. The fraction of sp³-hybridized carbons (Fsp3) is 0.865. The van der Waals surface area contributed by atoms with Crippen molar-refractivity contribution in [2.75, 3.05) is 26.2 Å². The highest BCUT2D eigenvalue weighted by molar-refractivity contribution is 5.66. The second kappa shape index (κ2) is 31.1. The lowest BCUT2D eigenvalue weighted by molar-refractivity contribution is -0.929. The first kappa shape index (κ1) is 42.1. The molecule has 0 fully saturated rings. The number of carboxylic acid groups (broad SMARTS) is 3. The Morgan fingerprint density at radius 2 is 0.795 bits per heavy atom. The Bertz CT molecular complexity index is 668. The number of quaternary nitrogens is 1. The van der Waals surface area contributed by atoms with Crippen LogP contribution in [0.25, 0.3) is 0 Å². The van der Waals surface area contributed by atoms with E-state index in [9.17, 15) is 19.5 Å². The first-order valence-electron chi connectivity index (χ1n) is 18.4. The van der Waals surface area contributed by atoms with Gasteiger partial charge in [-0.2, -0.15) is 0 Å². The molecule has 0 amide bonds. The van der Waals surface area contributed by atoms with E-state index < -0.39 is 17.9 Å². The molecule has 0 aliphatic carbocycles. The number of hydrogen-bond acceptors (Lipinski definition) is 4. The van der Waals surface area contributed by atoms with Gasteiger partial charge in [-0.25, -0.2) is 0 Å². The van der Waals surface area contributed by atoms with E-state index in [0.29, 0.717) is 19.3 Å². The molecule has 0 radical (unpaired) electrons. The third-order valence-corrected chi connectivity index (χ3v) is 8.95. The van der Waals surface area contributed by atoms with Crippen molar-refractivity contribution < 1.29 is 34.2 Å². The summed E-state index contributed by atoms with van der Waals surface area (Å²) < 4.78 is 0.849. The highest BCUT2D eigenvalue weighted by Crippen LogP contribution is 2.20. The molecule has 0 aromatic heterocycles. The van der Waals surface area contributed by atoms with Crippen molar-refractivity contribution in [1.29, 1.82) is 0 Å². The standard InChI is InChI=1S/C37H69NO6/c1-2-3-4-5-6-7-8-9-10-11-12-13-14-15-16-17-18-19-20-24-31-38(32-25-21-28-35(39)40,33-26-22-29-36(41)42)34-27-23-30-37(43)44/h6-7H,2-5,8-34H2,1H3,(H2-,39,40,41,42,43,44)/b7-6+. The van der Waals surface area contributed by atoms with Crippen LogP contribution in [0.5, 0.6) is 0 Å². The van der Waals surface area contributed by atoms with E-state index in [1.54, 1.807) is 0 Å². The van der Waals surface area contributed by atoms with Crippen LogP contribution in [0.3, 0.4) is 0 Å². The maximum Gasteiger partial charge on any atom is 0.303 e. The number of allylic oxidation sites excluding steroid dienone is 2. The van der Waals surface area contributed by atoms with Gasteiger partial charge in [-0.1, -0.05) is 96.1 Å². The van der Waals surface area contributed by atoms with Crippen LogP contribution >= 0.6 is 0 Å². The second-order valence-electron chi connectivity index (χ2n) is 13.1. The lowest BCUT2D eigenvalue weighted by Crippen LogP contribution is -2.51. The summed E-state index contributed by atoms with van der Waals surface area (Å²) in [5.74, 6) is -2.56. The number of carbonyl (C=O) groups excluding carboxylic acids is 1. The molecule has 0 atom stereocenters. The Morgan fingerprint density at radius 3 is 1.16 bits per heavy atom. The highest BCUT2D eigenvalue weighted by atomic mass is 16.4. The summed E-state index contributed by atoms with van der Waals surface area (Å²) in [4.78, 5) is 32.9. The normalized spacial score (nSPS) is 11.8. The van der Waals surface area contributed by atoms with E-state index in [0.717, 1.165) is 56.3 Å². The lowest BCUT2D eigenvalue weighted by atomic mass is 10.0. The molecule has 2 N–H and O–H groups in total. The third kappa shape index (κ3) is 30.1. The molecule has 0 unspecified atom stereocenters. The SMILES string of the molecule is CCCCC/C=C/CCCCCCCCCCCCCCC[N+](CCCCC(=O)[O-])(CCCCC(=O)O)CCCCC(=O)O. The number of unbranched alkanes of at least 4 members (excludes halogenated alkanes) is 19. The predicted octanol–water partition coefficient (Wildman–Crippen LogP) is 8.83. The first-order valence-corrected chi connectivity index (χ1v) is 18.4. The van der Waals surface area contributed by atoms with Gasteiger partial charge in [0, 0.05) is 18.8 Å². The number of nitrogens with zero attached hydrogens (tertiary/aromatic N) is 1. The van der Waals surface area contributed by atoms with Gasteiger partial charge in [0.25, 0.3) is 0 Å². The van der Waals surface area contributed by atoms with Crippen LogP contribution in [0.1, 0.15) is 180 Å². The summed E-state index contributed by atoms with van der Waals surface area (Å²) in [6, 6.07) is 0. The van der Waals surface area contributed by atoms with Crippen LogP contribution in [0.15, 0.2) is 12.2 Å². The fourth-order valence-corrected chi connectivity index (χ4v) is 6.24. The van der Waals surface area contributed by atoms with Crippen LogP contribution in [0, 0.1) is 0 Å². The van der Waals surface area contributed by atoms with E-state index in [1.807, 2.05) is 0 Å². The minimum atomic E-state index is -1.02. The quantitative estimate of drug-likeness (QED) is 0.0414. The van der Waals surface area contributed by atoms with Gasteiger partial charge in [-0.15, -0.1) is 0 Å². The molecule has 0 saturated heterocycles. The van der Waals surface area contributed by atoms with Gasteiger partial charge in [0.05, 0.1) is 26.2 Å². The zero-order valence-corrected chi connectivity index (χ0v) is 28.5. The van der Waals surface area contributed by atoms with Crippen LogP contribution in [0.4, 0.5) is 0 Å². The molecular weight excluding hydrogens is 554 g/mol. The van der Waals surface area contributed by atoms with E-state index in [1.165, 1.54) is 109 Å². The Morgan fingerprint density at radius 1 is 0.477 bits per heavy atom. The number of hydrogen-bond donors (Lipinski definition) is 2. The molecule has 0 saturated carbocycles. The Hall–Kier alpha value is -1.89. The number of carboxylic acids is 3.